The molecule has 0 bridgehead atoms. The average molecular weight is 223 g/mol. The third kappa shape index (κ3) is 2.13. The first-order chi connectivity index (χ1) is 7.74. The zero-order chi connectivity index (χ0) is 11.5. The Labute approximate surface area is 97.0 Å². The Bertz CT molecular complexity index is 353. The predicted molar refractivity (Wildman–Crippen MR) is 63.6 cm³/mol. The van der Waals surface area contributed by atoms with Gasteiger partial charge >= 0.3 is 0 Å². The maximum atomic E-state index is 5.39. The van der Waals surface area contributed by atoms with Gasteiger partial charge in [-0.05, 0) is 33.7 Å². The zero-order valence-corrected chi connectivity index (χ0v) is 10.4. The molecule has 1 N–H and O–H groups in total. The van der Waals surface area contributed by atoms with Crippen molar-refractivity contribution in [2.45, 2.75) is 39.3 Å². The summed E-state index contributed by atoms with van der Waals surface area (Å²) in [5, 5.41) is 7.88. The number of ether oxygens (including phenoxy) is 1. The van der Waals surface area contributed by atoms with Crippen molar-refractivity contribution in [2.24, 2.45) is 0 Å². The molecule has 1 aromatic rings. The summed E-state index contributed by atoms with van der Waals surface area (Å²) in [4.78, 5) is 0. The zero-order valence-electron chi connectivity index (χ0n) is 10.4. The number of aromatic nitrogens is 2. The molecule has 1 aromatic heterocycles. The second-order valence-electron chi connectivity index (χ2n) is 4.47. The van der Waals surface area contributed by atoms with E-state index < -0.39 is 0 Å². The highest BCUT2D eigenvalue weighted by Crippen LogP contribution is 2.24. The van der Waals surface area contributed by atoms with Gasteiger partial charge in [-0.25, -0.2) is 0 Å². The molecule has 0 amide bonds. The number of hydrogen-bond donors (Lipinski definition) is 1. The van der Waals surface area contributed by atoms with Crippen LogP contribution in [-0.4, -0.2) is 30.0 Å². The molecule has 0 aromatic carbocycles. The SMILES string of the molecule is CNCc1c(C)nn(C2CCOCC2)c1C. The van der Waals surface area contributed by atoms with Crippen LogP contribution < -0.4 is 5.32 Å². The second kappa shape index (κ2) is 4.97. The number of nitrogens with one attached hydrogen (secondary N) is 1. The van der Waals surface area contributed by atoms with Crippen LogP contribution in [0.3, 0.4) is 0 Å². The summed E-state index contributed by atoms with van der Waals surface area (Å²) in [5.74, 6) is 0. The van der Waals surface area contributed by atoms with Gasteiger partial charge in [-0.1, -0.05) is 0 Å². The van der Waals surface area contributed by atoms with Gasteiger partial charge in [0.25, 0.3) is 0 Å². The maximum absolute atomic E-state index is 5.39. The molecule has 2 rings (SSSR count). The molecule has 0 atom stereocenters. The first-order valence-electron chi connectivity index (χ1n) is 6.01. The highest BCUT2D eigenvalue weighted by Gasteiger charge is 2.20. The molecule has 0 radical (unpaired) electrons. The summed E-state index contributed by atoms with van der Waals surface area (Å²) in [7, 11) is 1.98. The Kier molecular flexibility index (Phi) is 3.61. The molecule has 1 aliphatic rings. The maximum Gasteiger partial charge on any atom is 0.0641 e. The van der Waals surface area contributed by atoms with Gasteiger partial charge in [0.15, 0.2) is 0 Å². The first kappa shape index (κ1) is 11.6. The van der Waals surface area contributed by atoms with Gasteiger partial charge in [0.05, 0.1) is 11.7 Å². The molecule has 4 nitrogen and oxygen atoms in total. The lowest BCUT2D eigenvalue weighted by Gasteiger charge is -2.23. The Balaban J connectivity index is 2.23. The van der Waals surface area contributed by atoms with E-state index >= 15 is 0 Å². The highest BCUT2D eigenvalue weighted by molar-refractivity contribution is 5.24. The van der Waals surface area contributed by atoms with Crippen LogP contribution in [0, 0.1) is 13.8 Å². The molecule has 0 unspecified atom stereocenters. The summed E-state index contributed by atoms with van der Waals surface area (Å²) in [5.41, 5.74) is 3.80. The number of nitrogens with zero attached hydrogens (tertiary/aromatic N) is 2. The van der Waals surface area contributed by atoms with E-state index in [-0.39, 0.29) is 0 Å². The molecule has 0 aliphatic carbocycles. The minimum atomic E-state index is 0.526. The van der Waals surface area contributed by atoms with Crippen molar-refractivity contribution in [3.8, 4) is 0 Å². The van der Waals surface area contributed by atoms with E-state index in [4.69, 9.17) is 4.74 Å². The van der Waals surface area contributed by atoms with Crippen LogP contribution in [0.1, 0.15) is 35.8 Å². The number of hydrogen-bond acceptors (Lipinski definition) is 3. The van der Waals surface area contributed by atoms with Crippen LogP contribution in [0.25, 0.3) is 0 Å². The highest BCUT2D eigenvalue weighted by atomic mass is 16.5. The molecule has 1 aliphatic heterocycles. The van der Waals surface area contributed by atoms with Crippen LogP contribution in [0.15, 0.2) is 0 Å². The predicted octanol–water partition coefficient (Wildman–Crippen LogP) is 1.57. The third-order valence-electron chi connectivity index (χ3n) is 3.37. The quantitative estimate of drug-likeness (QED) is 0.845. The fraction of sp³-hybridized carbons (Fsp3) is 0.750. The summed E-state index contributed by atoms with van der Waals surface area (Å²) >= 11 is 0. The Morgan fingerprint density at radius 3 is 2.69 bits per heavy atom. The van der Waals surface area contributed by atoms with E-state index in [2.05, 4.69) is 28.9 Å². The van der Waals surface area contributed by atoms with Gasteiger partial charge in [0.1, 0.15) is 0 Å². The van der Waals surface area contributed by atoms with Gasteiger partial charge in [0, 0.05) is 31.0 Å². The molecule has 0 spiro atoms. The summed E-state index contributed by atoms with van der Waals surface area (Å²) in [6.45, 7) is 6.90. The van der Waals surface area contributed by atoms with Crippen molar-refractivity contribution in [2.75, 3.05) is 20.3 Å². The van der Waals surface area contributed by atoms with Crippen molar-refractivity contribution < 1.29 is 4.74 Å². The summed E-state index contributed by atoms with van der Waals surface area (Å²) in [6, 6.07) is 0.526. The van der Waals surface area contributed by atoms with Crippen molar-refractivity contribution in [1.82, 2.24) is 15.1 Å². The molecule has 2 heterocycles. The van der Waals surface area contributed by atoms with Gasteiger partial charge < -0.3 is 10.1 Å². The molecule has 0 saturated carbocycles. The fourth-order valence-electron chi connectivity index (χ4n) is 2.41. The van der Waals surface area contributed by atoms with E-state index in [0.29, 0.717) is 6.04 Å². The van der Waals surface area contributed by atoms with E-state index in [0.717, 1.165) is 38.3 Å². The Hall–Kier alpha value is -0.870. The van der Waals surface area contributed by atoms with Gasteiger partial charge in [0.2, 0.25) is 0 Å². The second-order valence-corrected chi connectivity index (χ2v) is 4.47. The van der Waals surface area contributed by atoms with Crippen molar-refractivity contribution in [3.05, 3.63) is 17.0 Å². The van der Waals surface area contributed by atoms with Crippen LogP contribution in [0.4, 0.5) is 0 Å². The Morgan fingerprint density at radius 1 is 1.38 bits per heavy atom. The lowest BCUT2D eigenvalue weighted by Crippen LogP contribution is -2.21. The Morgan fingerprint density at radius 2 is 2.06 bits per heavy atom. The van der Waals surface area contributed by atoms with E-state index in [1.807, 2.05) is 7.05 Å². The first-order valence-corrected chi connectivity index (χ1v) is 6.01. The van der Waals surface area contributed by atoms with Crippen LogP contribution in [0.2, 0.25) is 0 Å². The number of aryl methyl sites for hydroxylation is 1. The molecule has 16 heavy (non-hydrogen) atoms. The van der Waals surface area contributed by atoms with E-state index in [1.165, 1.54) is 11.3 Å². The normalized spacial score (nSPS) is 17.9. The van der Waals surface area contributed by atoms with Crippen molar-refractivity contribution >= 4 is 0 Å². The molecular formula is C12H21N3O. The van der Waals surface area contributed by atoms with Crippen molar-refractivity contribution in [3.63, 3.8) is 0 Å². The van der Waals surface area contributed by atoms with Gasteiger partial charge in [-0.3, -0.25) is 4.68 Å². The van der Waals surface area contributed by atoms with Crippen molar-refractivity contribution in [1.29, 1.82) is 0 Å². The van der Waals surface area contributed by atoms with Crippen LogP contribution in [0.5, 0.6) is 0 Å². The molecule has 1 fully saturated rings. The fourth-order valence-corrected chi connectivity index (χ4v) is 2.41. The van der Waals surface area contributed by atoms with Gasteiger partial charge in [-0.2, -0.15) is 5.10 Å². The molecule has 90 valence electrons. The van der Waals surface area contributed by atoms with Crippen LogP contribution >= 0.6 is 0 Å². The largest absolute Gasteiger partial charge is 0.381 e. The molecule has 4 heteroatoms. The third-order valence-corrected chi connectivity index (χ3v) is 3.37. The van der Waals surface area contributed by atoms with E-state index in [9.17, 15) is 0 Å². The molecular weight excluding hydrogens is 202 g/mol. The topological polar surface area (TPSA) is 39.1 Å². The average Bonchev–Trinajstić information content (AvgIpc) is 2.59. The standard InChI is InChI=1S/C12H21N3O/c1-9-12(8-13-3)10(2)15(14-9)11-4-6-16-7-5-11/h11,13H,4-8H2,1-3H3. The minimum Gasteiger partial charge on any atom is -0.381 e. The monoisotopic (exact) mass is 223 g/mol. The lowest BCUT2D eigenvalue weighted by molar-refractivity contribution is 0.0656. The lowest BCUT2D eigenvalue weighted by atomic mass is 10.1. The minimum absolute atomic E-state index is 0.526. The summed E-state index contributed by atoms with van der Waals surface area (Å²) < 4.78 is 7.59. The van der Waals surface area contributed by atoms with Crippen LogP contribution in [-0.2, 0) is 11.3 Å². The van der Waals surface area contributed by atoms with E-state index in [1.54, 1.807) is 0 Å². The molecule has 1 saturated heterocycles. The van der Waals surface area contributed by atoms with Gasteiger partial charge in [-0.15, -0.1) is 0 Å². The smallest absolute Gasteiger partial charge is 0.0641 e. The summed E-state index contributed by atoms with van der Waals surface area (Å²) in [6.07, 6.45) is 2.17. The number of rotatable bonds is 3.